The van der Waals surface area contributed by atoms with Gasteiger partial charge in [0.15, 0.2) is 0 Å². The molecule has 0 amide bonds. The van der Waals surface area contributed by atoms with Crippen LogP contribution < -0.4 is 5.73 Å². The summed E-state index contributed by atoms with van der Waals surface area (Å²) in [6.45, 7) is 0.865. The van der Waals surface area contributed by atoms with Crippen LogP contribution in [0.3, 0.4) is 0 Å². The van der Waals surface area contributed by atoms with Crippen LogP contribution in [-0.4, -0.2) is 16.9 Å². The maximum atomic E-state index is 5.27. The van der Waals surface area contributed by atoms with Gasteiger partial charge in [-0.05, 0) is 19.1 Å². The van der Waals surface area contributed by atoms with E-state index >= 15 is 0 Å². The zero-order valence-corrected chi connectivity index (χ0v) is 7.44. The molecule has 0 aliphatic carbocycles. The molecule has 1 nitrogen and oxygen atoms in total. The van der Waals surface area contributed by atoms with E-state index in [4.69, 9.17) is 5.73 Å². The third-order valence-corrected chi connectivity index (χ3v) is 3.17. The first kappa shape index (κ1) is 8.12. The number of hydrogen-bond donors (Lipinski definition) is 1. The first-order chi connectivity index (χ1) is 3.41. The van der Waals surface area contributed by atoms with E-state index in [0.29, 0.717) is 0 Å². The fourth-order valence-corrected chi connectivity index (χ4v) is 2.03. The Morgan fingerprint density at radius 1 is 1.57 bits per heavy atom. The van der Waals surface area contributed by atoms with Crippen LogP contribution in [0.1, 0.15) is 6.42 Å². The van der Waals surface area contributed by atoms with Gasteiger partial charge in [-0.1, -0.05) is 22.6 Å². The summed E-state index contributed by atoms with van der Waals surface area (Å²) in [5.41, 5.74) is 5.27. The minimum absolute atomic E-state index is 0.865. The molecule has 0 fully saturated rings. The SMILES string of the molecule is NCCCPCI. The van der Waals surface area contributed by atoms with Crippen molar-refractivity contribution in [3.63, 3.8) is 0 Å². The Labute approximate surface area is 60.4 Å². The molecule has 0 aliphatic rings. The van der Waals surface area contributed by atoms with Crippen molar-refractivity contribution >= 4 is 31.2 Å². The van der Waals surface area contributed by atoms with Crippen molar-refractivity contribution in [3.8, 4) is 0 Å². The van der Waals surface area contributed by atoms with Gasteiger partial charge < -0.3 is 5.73 Å². The van der Waals surface area contributed by atoms with E-state index in [2.05, 4.69) is 22.6 Å². The first-order valence-electron chi connectivity index (χ1n) is 2.38. The normalized spacial score (nSPS) is 11.1. The van der Waals surface area contributed by atoms with E-state index in [1.54, 1.807) is 0 Å². The standard InChI is InChI=1S/C4H11INP/c5-4-7-3-1-2-6/h7H,1-4,6H2. The second-order valence-electron chi connectivity index (χ2n) is 1.28. The van der Waals surface area contributed by atoms with Gasteiger partial charge in [-0.25, -0.2) is 0 Å². The molecule has 0 saturated heterocycles. The Morgan fingerprint density at radius 3 is 2.71 bits per heavy atom. The van der Waals surface area contributed by atoms with Crippen LogP contribution in [0.15, 0.2) is 0 Å². The lowest BCUT2D eigenvalue weighted by molar-refractivity contribution is 0.941. The van der Waals surface area contributed by atoms with Crippen molar-refractivity contribution in [2.24, 2.45) is 5.73 Å². The molecule has 0 bridgehead atoms. The number of alkyl halides is 1. The molecule has 0 saturated carbocycles. The van der Waals surface area contributed by atoms with Gasteiger partial charge in [0.1, 0.15) is 0 Å². The smallest absolute Gasteiger partial charge is 0.0170 e. The van der Waals surface area contributed by atoms with Crippen LogP contribution in [-0.2, 0) is 0 Å². The van der Waals surface area contributed by atoms with Crippen molar-refractivity contribution in [2.45, 2.75) is 6.42 Å². The van der Waals surface area contributed by atoms with Crippen LogP contribution in [0.5, 0.6) is 0 Å². The second-order valence-corrected chi connectivity index (χ2v) is 4.83. The van der Waals surface area contributed by atoms with Crippen LogP contribution in [0.25, 0.3) is 0 Å². The van der Waals surface area contributed by atoms with Crippen molar-refractivity contribution in [3.05, 3.63) is 0 Å². The highest BCUT2D eigenvalue weighted by Gasteiger charge is 1.80. The molecule has 0 spiro atoms. The van der Waals surface area contributed by atoms with Crippen LogP contribution in [0, 0.1) is 0 Å². The van der Waals surface area contributed by atoms with Gasteiger partial charge >= 0.3 is 0 Å². The van der Waals surface area contributed by atoms with Gasteiger partial charge in [0, 0.05) is 4.17 Å². The highest BCUT2D eigenvalue weighted by molar-refractivity contribution is 14.1. The molecule has 0 aromatic heterocycles. The maximum absolute atomic E-state index is 5.27. The summed E-state index contributed by atoms with van der Waals surface area (Å²) in [6.07, 6.45) is 2.54. The van der Waals surface area contributed by atoms with Gasteiger partial charge in [-0.3, -0.25) is 0 Å². The third-order valence-electron chi connectivity index (χ3n) is 0.652. The molecule has 7 heavy (non-hydrogen) atoms. The molecular weight excluding hydrogens is 220 g/mol. The quantitative estimate of drug-likeness (QED) is 0.336. The van der Waals surface area contributed by atoms with Crippen LogP contribution in [0.2, 0.25) is 0 Å². The summed E-state index contributed by atoms with van der Waals surface area (Å²) >= 11 is 2.40. The molecule has 44 valence electrons. The first-order valence-corrected chi connectivity index (χ1v) is 5.32. The van der Waals surface area contributed by atoms with E-state index in [1.807, 2.05) is 0 Å². The van der Waals surface area contributed by atoms with Gasteiger partial charge in [0.2, 0.25) is 0 Å². The minimum atomic E-state index is 0.865. The molecule has 0 heterocycles. The lowest BCUT2D eigenvalue weighted by Gasteiger charge is -1.90. The van der Waals surface area contributed by atoms with Crippen molar-refractivity contribution < 1.29 is 0 Å². The Balaban J connectivity index is 2.45. The molecule has 0 radical (unpaired) electrons. The summed E-state index contributed by atoms with van der Waals surface area (Å²) in [5.74, 6) is 0. The molecular formula is C4H11INP. The summed E-state index contributed by atoms with van der Waals surface area (Å²) in [7, 11) is 1.13. The Kier molecular flexibility index (Phi) is 8.26. The molecule has 0 aliphatic heterocycles. The number of nitrogens with two attached hydrogens (primary N) is 1. The molecule has 0 rings (SSSR count). The van der Waals surface area contributed by atoms with Gasteiger partial charge in [-0.15, -0.1) is 8.58 Å². The fraction of sp³-hybridized carbons (Fsp3) is 1.00. The number of hydrogen-bond acceptors (Lipinski definition) is 1. The second kappa shape index (κ2) is 7.12. The highest BCUT2D eigenvalue weighted by Crippen LogP contribution is 2.13. The Morgan fingerprint density at radius 2 is 2.29 bits per heavy atom. The average Bonchev–Trinajstić information content (AvgIpc) is 1.69. The zero-order valence-electron chi connectivity index (χ0n) is 4.28. The van der Waals surface area contributed by atoms with E-state index in [9.17, 15) is 0 Å². The van der Waals surface area contributed by atoms with Gasteiger partial charge in [-0.2, -0.15) is 0 Å². The summed E-state index contributed by atoms with van der Waals surface area (Å²) in [6, 6.07) is 0. The van der Waals surface area contributed by atoms with E-state index < -0.39 is 0 Å². The van der Waals surface area contributed by atoms with Gasteiger partial charge in [0.25, 0.3) is 0 Å². The number of halogens is 1. The predicted molar refractivity (Wildman–Crippen MR) is 45.7 cm³/mol. The fourth-order valence-electron chi connectivity index (χ4n) is 0.294. The van der Waals surface area contributed by atoms with E-state index in [0.717, 1.165) is 15.1 Å². The van der Waals surface area contributed by atoms with Crippen LogP contribution >= 0.6 is 31.2 Å². The minimum Gasteiger partial charge on any atom is -0.330 e. The van der Waals surface area contributed by atoms with E-state index in [1.165, 1.54) is 16.8 Å². The predicted octanol–water partition coefficient (Wildman–Crippen LogP) is 1.41. The lowest BCUT2D eigenvalue weighted by atomic mass is 10.5. The zero-order chi connectivity index (χ0) is 5.54. The Hall–Kier alpha value is 1.12. The third kappa shape index (κ3) is 7.12. The van der Waals surface area contributed by atoms with Crippen molar-refractivity contribution in [1.82, 2.24) is 0 Å². The molecule has 0 aromatic rings. The topological polar surface area (TPSA) is 26.0 Å². The van der Waals surface area contributed by atoms with Crippen molar-refractivity contribution in [2.75, 3.05) is 16.9 Å². The summed E-state index contributed by atoms with van der Waals surface area (Å²) in [4.78, 5) is 0. The van der Waals surface area contributed by atoms with Crippen molar-refractivity contribution in [1.29, 1.82) is 0 Å². The average molecular weight is 231 g/mol. The summed E-state index contributed by atoms with van der Waals surface area (Å²) in [5, 5.41) is 0. The number of rotatable bonds is 4. The highest BCUT2D eigenvalue weighted by atomic mass is 127. The molecule has 2 N–H and O–H groups in total. The summed E-state index contributed by atoms with van der Waals surface area (Å²) < 4.78 is 1.30. The van der Waals surface area contributed by atoms with Crippen LogP contribution in [0.4, 0.5) is 0 Å². The van der Waals surface area contributed by atoms with Gasteiger partial charge in [0.05, 0.1) is 0 Å². The molecule has 3 heteroatoms. The molecule has 0 aromatic carbocycles. The van der Waals surface area contributed by atoms with E-state index in [-0.39, 0.29) is 0 Å². The lowest BCUT2D eigenvalue weighted by Crippen LogP contribution is -1.98. The molecule has 1 unspecified atom stereocenters. The Bertz CT molecular complexity index is 30.9. The monoisotopic (exact) mass is 231 g/mol. The molecule has 1 atom stereocenters. The largest absolute Gasteiger partial charge is 0.330 e. The maximum Gasteiger partial charge on any atom is 0.0170 e.